The molecule has 1 heterocycles. The molecule has 0 saturated carbocycles. The van der Waals surface area contributed by atoms with Crippen LogP contribution in [0, 0.1) is 5.92 Å². The monoisotopic (exact) mass is 286 g/mol. The lowest BCUT2D eigenvalue weighted by Gasteiger charge is -2.21. The molecule has 0 fully saturated rings. The van der Waals surface area contributed by atoms with Crippen molar-refractivity contribution in [2.45, 2.75) is 65.2 Å². The van der Waals surface area contributed by atoms with Gasteiger partial charge in [-0.1, -0.05) is 38.3 Å². The van der Waals surface area contributed by atoms with E-state index in [0.717, 1.165) is 5.92 Å². The molecule has 1 atom stereocenters. The van der Waals surface area contributed by atoms with E-state index in [1.54, 1.807) is 21.6 Å². The maximum absolute atomic E-state index is 2.34. The van der Waals surface area contributed by atoms with Crippen LogP contribution < -0.4 is 0 Å². The van der Waals surface area contributed by atoms with E-state index in [-0.39, 0.29) is 0 Å². The average molecular weight is 286 g/mol. The maximum atomic E-state index is 2.34. The van der Waals surface area contributed by atoms with E-state index in [9.17, 15) is 0 Å². The van der Waals surface area contributed by atoms with Gasteiger partial charge >= 0.3 is 0 Å². The third-order valence-electron chi connectivity index (χ3n) is 4.83. The number of allylic oxidation sites excluding steroid dienone is 4. The zero-order valence-electron chi connectivity index (χ0n) is 12.9. The molecule has 2 aliphatic rings. The van der Waals surface area contributed by atoms with Gasteiger partial charge in [0.2, 0.25) is 0 Å². The molecule has 0 aliphatic heterocycles. The van der Waals surface area contributed by atoms with E-state index in [2.05, 4.69) is 31.4 Å². The lowest BCUT2D eigenvalue weighted by Crippen LogP contribution is -2.06. The largest absolute Gasteiger partial charge is 0.144 e. The lowest BCUT2D eigenvalue weighted by molar-refractivity contribution is 0.595. The van der Waals surface area contributed by atoms with Crippen molar-refractivity contribution in [2.75, 3.05) is 0 Å². The fourth-order valence-electron chi connectivity index (χ4n) is 4.10. The van der Waals surface area contributed by atoms with Gasteiger partial charge in [0.15, 0.2) is 0 Å². The van der Waals surface area contributed by atoms with E-state index >= 15 is 0 Å². The molecule has 0 radical (unpaired) electrons. The molecule has 1 heteroatoms. The highest BCUT2D eigenvalue weighted by atomic mass is 32.1. The average Bonchev–Trinajstić information content (AvgIpc) is 3.08. The Hall–Kier alpha value is -0.820. The van der Waals surface area contributed by atoms with Crippen molar-refractivity contribution in [3.8, 4) is 0 Å². The molecule has 20 heavy (non-hydrogen) atoms. The second-order valence-electron chi connectivity index (χ2n) is 6.17. The fraction of sp³-hybridized carbons (Fsp3) is 0.579. The van der Waals surface area contributed by atoms with Gasteiger partial charge in [-0.2, -0.15) is 0 Å². The van der Waals surface area contributed by atoms with E-state index in [1.807, 2.05) is 16.9 Å². The van der Waals surface area contributed by atoms with Crippen molar-refractivity contribution in [1.82, 2.24) is 0 Å². The number of rotatable bonds is 5. The van der Waals surface area contributed by atoms with Gasteiger partial charge in [0.05, 0.1) is 0 Å². The Balaban J connectivity index is 2.07. The maximum Gasteiger partial charge on any atom is 0.0311 e. The van der Waals surface area contributed by atoms with E-state index in [0.29, 0.717) is 0 Å². The highest BCUT2D eigenvalue weighted by molar-refractivity contribution is 7.11. The van der Waals surface area contributed by atoms with Crippen molar-refractivity contribution in [1.29, 1.82) is 0 Å². The summed E-state index contributed by atoms with van der Waals surface area (Å²) in [6.07, 6.45) is 10.7. The van der Waals surface area contributed by atoms with Crippen molar-refractivity contribution in [2.24, 2.45) is 5.92 Å². The van der Waals surface area contributed by atoms with Crippen molar-refractivity contribution in [3.63, 3.8) is 0 Å². The summed E-state index contributed by atoms with van der Waals surface area (Å²) >= 11 is 1.94. The molecular formula is C19H26S. The molecule has 0 bridgehead atoms. The van der Waals surface area contributed by atoms with Crippen molar-refractivity contribution < 1.29 is 0 Å². The van der Waals surface area contributed by atoms with Crippen LogP contribution in [0.2, 0.25) is 0 Å². The van der Waals surface area contributed by atoms with Crippen LogP contribution in [-0.4, -0.2) is 0 Å². The van der Waals surface area contributed by atoms with Gasteiger partial charge in [-0.15, -0.1) is 11.3 Å². The Morgan fingerprint density at radius 2 is 2.00 bits per heavy atom. The molecule has 108 valence electrons. The summed E-state index contributed by atoms with van der Waals surface area (Å²) in [6, 6.07) is 4.56. The molecule has 0 amide bonds. The van der Waals surface area contributed by atoms with Crippen LogP contribution in [0.1, 0.15) is 70.1 Å². The molecule has 0 nitrogen and oxygen atoms in total. The van der Waals surface area contributed by atoms with Crippen LogP contribution >= 0.6 is 11.3 Å². The minimum atomic E-state index is 0.746. The van der Waals surface area contributed by atoms with Gasteiger partial charge < -0.3 is 0 Å². The van der Waals surface area contributed by atoms with Crippen molar-refractivity contribution in [3.05, 3.63) is 39.1 Å². The van der Waals surface area contributed by atoms with Gasteiger partial charge in [0, 0.05) is 10.8 Å². The molecule has 2 aliphatic carbocycles. The molecular weight excluding hydrogens is 260 g/mol. The fourth-order valence-corrected chi connectivity index (χ4v) is 4.95. The lowest BCUT2D eigenvalue weighted by atomic mass is 9.84. The van der Waals surface area contributed by atoms with Gasteiger partial charge in [-0.25, -0.2) is 0 Å². The minimum absolute atomic E-state index is 0.746. The smallest absolute Gasteiger partial charge is 0.0311 e. The van der Waals surface area contributed by atoms with Crippen LogP contribution in [0.25, 0.3) is 5.57 Å². The second-order valence-corrected chi connectivity index (χ2v) is 7.12. The molecule has 0 aromatic carbocycles. The SMILES string of the molecule is CCCC1=C(c2cccs2)C(CCC)C2=C1CCCC2. The van der Waals surface area contributed by atoms with E-state index < -0.39 is 0 Å². The Kier molecular flexibility index (Phi) is 4.45. The molecule has 0 spiro atoms. The van der Waals surface area contributed by atoms with Gasteiger partial charge in [-0.05, 0) is 66.7 Å². The Bertz CT molecular complexity index is 516. The summed E-state index contributed by atoms with van der Waals surface area (Å²) in [6.45, 7) is 4.67. The van der Waals surface area contributed by atoms with Crippen LogP contribution in [0.5, 0.6) is 0 Å². The first-order valence-electron chi connectivity index (χ1n) is 8.36. The molecule has 0 N–H and O–H groups in total. The van der Waals surface area contributed by atoms with Crippen LogP contribution in [0.4, 0.5) is 0 Å². The summed E-state index contributed by atoms with van der Waals surface area (Å²) in [4.78, 5) is 1.54. The normalized spacial score (nSPS) is 22.6. The van der Waals surface area contributed by atoms with Crippen molar-refractivity contribution >= 4 is 16.9 Å². The summed E-state index contributed by atoms with van der Waals surface area (Å²) in [5.41, 5.74) is 7.06. The Morgan fingerprint density at radius 1 is 1.15 bits per heavy atom. The molecule has 1 aromatic heterocycles. The first-order valence-corrected chi connectivity index (χ1v) is 9.24. The minimum Gasteiger partial charge on any atom is -0.144 e. The van der Waals surface area contributed by atoms with Crippen LogP contribution in [0.15, 0.2) is 34.2 Å². The Labute approximate surface area is 127 Å². The predicted molar refractivity (Wildman–Crippen MR) is 90.0 cm³/mol. The zero-order valence-corrected chi connectivity index (χ0v) is 13.7. The van der Waals surface area contributed by atoms with Crippen LogP contribution in [-0.2, 0) is 0 Å². The summed E-state index contributed by atoms with van der Waals surface area (Å²) in [5, 5.41) is 2.24. The first kappa shape index (κ1) is 14.1. The van der Waals surface area contributed by atoms with Gasteiger partial charge in [-0.3, -0.25) is 0 Å². The van der Waals surface area contributed by atoms with Gasteiger partial charge in [0.25, 0.3) is 0 Å². The standard InChI is InChI=1S/C19H26S/c1-3-8-16-14-10-5-6-11-15(14)17(9-4-2)19(16)18-12-7-13-20-18/h7,12-13,16H,3-6,8-11H2,1-2H3. The summed E-state index contributed by atoms with van der Waals surface area (Å²) < 4.78 is 0. The van der Waals surface area contributed by atoms with E-state index in [4.69, 9.17) is 0 Å². The first-order chi connectivity index (χ1) is 9.86. The third-order valence-corrected chi connectivity index (χ3v) is 5.74. The second kappa shape index (κ2) is 6.30. The quantitative estimate of drug-likeness (QED) is 0.572. The topological polar surface area (TPSA) is 0 Å². The highest BCUT2D eigenvalue weighted by Crippen LogP contribution is 2.52. The molecule has 0 saturated heterocycles. The molecule has 1 aromatic rings. The Morgan fingerprint density at radius 3 is 2.70 bits per heavy atom. The summed E-state index contributed by atoms with van der Waals surface area (Å²) in [7, 11) is 0. The zero-order chi connectivity index (χ0) is 13.9. The highest BCUT2D eigenvalue weighted by Gasteiger charge is 2.34. The third kappa shape index (κ3) is 2.41. The number of hydrogen-bond acceptors (Lipinski definition) is 1. The van der Waals surface area contributed by atoms with Gasteiger partial charge in [0.1, 0.15) is 0 Å². The number of thiophene rings is 1. The van der Waals surface area contributed by atoms with E-state index in [1.165, 1.54) is 51.4 Å². The molecule has 1 unspecified atom stereocenters. The number of hydrogen-bond donors (Lipinski definition) is 0. The summed E-state index contributed by atoms with van der Waals surface area (Å²) in [5.74, 6) is 0.746. The predicted octanol–water partition coefficient (Wildman–Crippen LogP) is 6.60. The van der Waals surface area contributed by atoms with Crippen LogP contribution in [0.3, 0.4) is 0 Å². The molecule has 3 rings (SSSR count).